The van der Waals surface area contributed by atoms with Crippen molar-refractivity contribution in [3.05, 3.63) is 0 Å². The first-order valence-electron chi connectivity index (χ1n) is 5.16. The maximum absolute atomic E-state index is 9.64. The Morgan fingerprint density at radius 1 is 1.43 bits per heavy atom. The van der Waals surface area contributed by atoms with Gasteiger partial charge in [0.2, 0.25) is 0 Å². The summed E-state index contributed by atoms with van der Waals surface area (Å²) in [6, 6.07) is 0. The molecule has 1 heterocycles. The Morgan fingerprint density at radius 3 is 2.64 bits per heavy atom. The standard InChI is InChI=1S/C11H19NO2/c1-3-11(2,13)5-4-6-12-7-9-14-10-8-12/h13H,3,6-10H2,1-2H3/t11-/m1/s1. The number of nitrogens with zero attached hydrogens (tertiary/aromatic N) is 1. The van der Waals surface area contributed by atoms with Crippen molar-refractivity contribution in [2.75, 3.05) is 32.8 Å². The van der Waals surface area contributed by atoms with E-state index in [0.717, 1.165) is 32.8 Å². The summed E-state index contributed by atoms with van der Waals surface area (Å²) in [7, 11) is 0. The molecule has 0 amide bonds. The molecule has 0 radical (unpaired) electrons. The van der Waals surface area contributed by atoms with Crippen molar-refractivity contribution in [3.8, 4) is 11.8 Å². The first kappa shape index (κ1) is 11.5. The van der Waals surface area contributed by atoms with E-state index in [1.807, 2.05) is 6.92 Å². The summed E-state index contributed by atoms with van der Waals surface area (Å²) < 4.78 is 5.23. The minimum atomic E-state index is -0.827. The van der Waals surface area contributed by atoms with Crippen molar-refractivity contribution < 1.29 is 9.84 Å². The summed E-state index contributed by atoms with van der Waals surface area (Å²) in [5, 5.41) is 9.64. The van der Waals surface area contributed by atoms with Gasteiger partial charge in [-0.05, 0) is 13.3 Å². The monoisotopic (exact) mass is 197 g/mol. The number of hydrogen-bond donors (Lipinski definition) is 1. The van der Waals surface area contributed by atoms with Crippen LogP contribution in [0.15, 0.2) is 0 Å². The van der Waals surface area contributed by atoms with E-state index in [4.69, 9.17) is 4.74 Å². The number of morpholine rings is 1. The minimum absolute atomic E-state index is 0.670. The third kappa shape index (κ3) is 4.10. The molecule has 80 valence electrons. The molecule has 3 nitrogen and oxygen atoms in total. The molecule has 0 aromatic heterocycles. The normalized spacial score (nSPS) is 22.2. The number of hydrogen-bond acceptors (Lipinski definition) is 3. The average molecular weight is 197 g/mol. The largest absolute Gasteiger partial charge is 0.379 e. The van der Waals surface area contributed by atoms with E-state index in [0.29, 0.717) is 6.42 Å². The molecule has 1 saturated heterocycles. The van der Waals surface area contributed by atoms with E-state index in [1.165, 1.54) is 0 Å². The molecule has 1 N–H and O–H groups in total. The number of rotatable bonds is 2. The smallest absolute Gasteiger partial charge is 0.122 e. The van der Waals surface area contributed by atoms with Gasteiger partial charge in [0.05, 0.1) is 19.8 Å². The summed E-state index contributed by atoms with van der Waals surface area (Å²) in [6.07, 6.45) is 0.670. The second kappa shape index (κ2) is 5.35. The lowest BCUT2D eigenvalue weighted by Crippen LogP contribution is -2.36. The Kier molecular flexibility index (Phi) is 4.40. The van der Waals surface area contributed by atoms with Gasteiger partial charge in [-0.3, -0.25) is 4.90 Å². The molecule has 0 aromatic carbocycles. The molecule has 0 saturated carbocycles. The summed E-state index contributed by atoms with van der Waals surface area (Å²) in [6.45, 7) is 7.91. The van der Waals surface area contributed by atoms with Crippen LogP contribution in [-0.4, -0.2) is 48.5 Å². The molecule has 1 aliphatic rings. The van der Waals surface area contributed by atoms with Crippen molar-refractivity contribution in [3.63, 3.8) is 0 Å². The molecule has 0 spiro atoms. The lowest BCUT2D eigenvalue weighted by atomic mass is 10.1. The quantitative estimate of drug-likeness (QED) is 0.654. The van der Waals surface area contributed by atoms with Gasteiger partial charge >= 0.3 is 0 Å². The third-order valence-electron chi connectivity index (χ3n) is 2.45. The predicted molar refractivity (Wildman–Crippen MR) is 55.9 cm³/mol. The highest BCUT2D eigenvalue weighted by Gasteiger charge is 2.13. The van der Waals surface area contributed by atoms with Crippen molar-refractivity contribution in [2.24, 2.45) is 0 Å². The van der Waals surface area contributed by atoms with Crippen molar-refractivity contribution >= 4 is 0 Å². The summed E-state index contributed by atoms with van der Waals surface area (Å²) >= 11 is 0. The molecule has 1 aliphatic heterocycles. The molecule has 0 bridgehead atoms. The Balaban J connectivity index is 2.30. The van der Waals surface area contributed by atoms with Crippen LogP contribution in [0.2, 0.25) is 0 Å². The van der Waals surface area contributed by atoms with Crippen molar-refractivity contribution in [1.29, 1.82) is 0 Å². The molecule has 0 aromatic rings. The molecular formula is C11H19NO2. The van der Waals surface area contributed by atoms with Gasteiger partial charge in [0.25, 0.3) is 0 Å². The van der Waals surface area contributed by atoms with Gasteiger partial charge in [-0.15, -0.1) is 0 Å². The predicted octanol–water partition coefficient (Wildman–Crippen LogP) is 0.483. The maximum Gasteiger partial charge on any atom is 0.122 e. The van der Waals surface area contributed by atoms with Crippen LogP contribution in [0.25, 0.3) is 0 Å². The van der Waals surface area contributed by atoms with Crippen LogP contribution in [0.4, 0.5) is 0 Å². The van der Waals surface area contributed by atoms with Crippen LogP contribution in [0.5, 0.6) is 0 Å². The van der Waals surface area contributed by atoms with Crippen LogP contribution < -0.4 is 0 Å². The lowest BCUT2D eigenvalue weighted by molar-refractivity contribution is 0.0442. The van der Waals surface area contributed by atoms with Gasteiger partial charge in [0, 0.05) is 13.1 Å². The van der Waals surface area contributed by atoms with Crippen LogP contribution in [0, 0.1) is 11.8 Å². The van der Waals surface area contributed by atoms with Gasteiger partial charge in [0.15, 0.2) is 0 Å². The topological polar surface area (TPSA) is 32.7 Å². The maximum atomic E-state index is 9.64. The zero-order valence-electron chi connectivity index (χ0n) is 9.05. The molecule has 1 atom stereocenters. The van der Waals surface area contributed by atoms with E-state index in [2.05, 4.69) is 16.7 Å². The van der Waals surface area contributed by atoms with Crippen molar-refractivity contribution in [2.45, 2.75) is 25.9 Å². The molecule has 14 heavy (non-hydrogen) atoms. The van der Waals surface area contributed by atoms with Crippen LogP contribution in [0.1, 0.15) is 20.3 Å². The number of ether oxygens (including phenoxy) is 1. The zero-order valence-corrected chi connectivity index (χ0v) is 9.05. The van der Waals surface area contributed by atoms with Gasteiger partial charge in [-0.2, -0.15) is 0 Å². The lowest BCUT2D eigenvalue weighted by Gasteiger charge is -2.24. The van der Waals surface area contributed by atoms with Gasteiger partial charge in [0.1, 0.15) is 5.60 Å². The summed E-state index contributed by atoms with van der Waals surface area (Å²) in [5.74, 6) is 5.90. The first-order valence-corrected chi connectivity index (χ1v) is 5.16. The molecule has 0 aliphatic carbocycles. The Labute approximate surface area is 86.0 Å². The highest BCUT2D eigenvalue weighted by Crippen LogP contribution is 2.05. The summed E-state index contributed by atoms with van der Waals surface area (Å²) in [5.41, 5.74) is -0.827. The Bertz CT molecular complexity index is 221. The van der Waals surface area contributed by atoms with E-state index >= 15 is 0 Å². The van der Waals surface area contributed by atoms with E-state index in [1.54, 1.807) is 6.92 Å². The van der Waals surface area contributed by atoms with E-state index in [9.17, 15) is 5.11 Å². The second-order valence-corrected chi connectivity index (χ2v) is 3.82. The van der Waals surface area contributed by atoms with Crippen LogP contribution >= 0.6 is 0 Å². The molecule has 1 fully saturated rings. The SMILES string of the molecule is CC[C@@](C)(O)C#CCN1CCOCC1. The fourth-order valence-electron chi connectivity index (χ4n) is 1.19. The Morgan fingerprint density at radius 2 is 2.07 bits per heavy atom. The molecule has 3 heteroatoms. The second-order valence-electron chi connectivity index (χ2n) is 3.82. The van der Waals surface area contributed by atoms with Crippen molar-refractivity contribution in [1.82, 2.24) is 4.90 Å². The highest BCUT2D eigenvalue weighted by molar-refractivity contribution is 5.12. The van der Waals surface area contributed by atoms with Crippen LogP contribution in [0.3, 0.4) is 0 Å². The van der Waals surface area contributed by atoms with Gasteiger partial charge in [-0.25, -0.2) is 0 Å². The third-order valence-corrected chi connectivity index (χ3v) is 2.45. The average Bonchev–Trinajstić information content (AvgIpc) is 2.19. The first-order chi connectivity index (χ1) is 6.64. The molecule has 0 unspecified atom stereocenters. The van der Waals surface area contributed by atoms with E-state index in [-0.39, 0.29) is 0 Å². The van der Waals surface area contributed by atoms with E-state index < -0.39 is 5.60 Å². The zero-order chi connectivity index (χ0) is 10.4. The van der Waals surface area contributed by atoms with Gasteiger partial charge in [-0.1, -0.05) is 18.8 Å². The van der Waals surface area contributed by atoms with Crippen LogP contribution in [-0.2, 0) is 4.74 Å². The minimum Gasteiger partial charge on any atom is -0.379 e. The van der Waals surface area contributed by atoms with Gasteiger partial charge < -0.3 is 9.84 Å². The fourth-order valence-corrected chi connectivity index (χ4v) is 1.19. The fraction of sp³-hybridized carbons (Fsp3) is 0.818. The number of aliphatic hydroxyl groups is 1. The Hall–Kier alpha value is -0.560. The summed E-state index contributed by atoms with van der Waals surface area (Å²) in [4.78, 5) is 2.24. The molecule has 1 rings (SSSR count). The molecular weight excluding hydrogens is 178 g/mol. The highest BCUT2D eigenvalue weighted by atomic mass is 16.5.